The Bertz CT molecular complexity index is 771. The van der Waals surface area contributed by atoms with Gasteiger partial charge in [0.2, 0.25) is 0 Å². The molecule has 2 atom stereocenters. The summed E-state index contributed by atoms with van der Waals surface area (Å²) in [5.74, 6) is 0.163. The Morgan fingerprint density at radius 1 is 1.45 bits per heavy atom. The smallest absolute Gasteiger partial charge is 0.407 e. The minimum absolute atomic E-state index is 0.0368. The van der Waals surface area contributed by atoms with Crippen molar-refractivity contribution in [2.75, 3.05) is 26.1 Å². The van der Waals surface area contributed by atoms with Crippen LogP contribution in [-0.4, -0.2) is 60.8 Å². The zero-order valence-corrected chi connectivity index (χ0v) is 17.3. The van der Waals surface area contributed by atoms with Crippen LogP contribution in [-0.2, 0) is 14.3 Å². The first-order chi connectivity index (χ1) is 13.8. The number of nitrogens with one attached hydrogen (secondary N) is 3. The Hall–Kier alpha value is -2.88. The number of aromatic nitrogens is 2. The van der Waals surface area contributed by atoms with E-state index in [-0.39, 0.29) is 30.4 Å². The number of rotatable bonds is 8. The van der Waals surface area contributed by atoms with Gasteiger partial charge in [-0.25, -0.2) is 4.79 Å². The lowest BCUT2D eigenvalue weighted by molar-refractivity contribution is -0.110. The number of nitrogens with two attached hydrogens (primary N) is 1. The van der Waals surface area contributed by atoms with Crippen LogP contribution in [0.4, 0.5) is 10.6 Å². The van der Waals surface area contributed by atoms with E-state index in [4.69, 9.17) is 15.2 Å². The van der Waals surface area contributed by atoms with E-state index in [1.54, 1.807) is 6.07 Å². The normalized spacial score (nSPS) is 20.0. The van der Waals surface area contributed by atoms with Crippen LogP contribution in [0, 0.1) is 0 Å². The fourth-order valence-electron chi connectivity index (χ4n) is 3.16. The second-order valence-corrected chi connectivity index (χ2v) is 7.26. The van der Waals surface area contributed by atoms with Crippen molar-refractivity contribution in [1.82, 2.24) is 15.5 Å². The third-order valence-electron chi connectivity index (χ3n) is 4.45. The lowest BCUT2D eigenvalue weighted by Crippen LogP contribution is -2.33. The first-order valence-electron chi connectivity index (χ1n) is 9.58. The highest BCUT2D eigenvalue weighted by molar-refractivity contribution is 6.47. The third-order valence-corrected chi connectivity index (χ3v) is 4.45. The zero-order valence-electron chi connectivity index (χ0n) is 17.3. The average molecular weight is 406 g/mol. The molecule has 10 heteroatoms. The molecule has 1 fully saturated rings. The van der Waals surface area contributed by atoms with E-state index in [1.165, 1.54) is 20.2 Å². The molecule has 1 aromatic heterocycles. The van der Waals surface area contributed by atoms with Gasteiger partial charge in [-0.3, -0.25) is 14.9 Å². The Labute approximate surface area is 170 Å². The molecule has 5 N–H and O–H groups in total. The summed E-state index contributed by atoms with van der Waals surface area (Å²) in [6.45, 7) is 3.98. The molecule has 1 aliphatic carbocycles. The lowest BCUT2D eigenvalue weighted by Gasteiger charge is -2.14. The van der Waals surface area contributed by atoms with Crippen molar-refractivity contribution in [3.05, 3.63) is 23.5 Å². The number of amides is 2. The van der Waals surface area contributed by atoms with Gasteiger partial charge in [-0.15, -0.1) is 0 Å². The summed E-state index contributed by atoms with van der Waals surface area (Å²) in [5.41, 5.74) is 7.22. The number of hydrogen-bond acceptors (Lipinski definition) is 7. The molecule has 29 heavy (non-hydrogen) atoms. The summed E-state index contributed by atoms with van der Waals surface area (Å²) in [4.78, 5) is 28.1. The van der Waals surface area contributed by atoms with Crippen molar-refractivity contribution < 1.29 is 19.1 Å². The summed E-state index contributed by atoms with van der Waals surface area (Å²) in [5, 5.41) is 12.5. The van der Waals surface area contributed by atoms with Crippen molar-refractivity contribution in [3.8, 4) is 0 Å². The van der Waals surface area contributed by atoms with Crippen molar-refractivity contribution >= 4 is 23.5 Å². The SMILES string of the molecule is CN=C(/C=C(\N)COC)C(=O)Nc1cc(C2CC[C@@H](OC(=O)NC(C)C)C2)[nH]n1. The minimum atomic E-state index is -0.414. The standard InChI is InChI=1S/C19H30N6O4/c1-11(2)22-19(27)29-14-6-5-12(7-14)15-9-17(25-24-15)23-18(26)16(21-3)8-13(20)10-28-4/h8-9,11-12,14H,5-7,10,20H2,1-4H3,(H,22,27)(H2,23,24,25,26)/b13-8-,21-16?/t12?,14-/m1/s1. The maximum absolute atomic E-state index is 12.4. The average Bonchev–Trinajstić information content (AvgIpc) is 3.28. The van der Waals surface area contributed by atoms with Crippen LogP contribution in [0.15, 0.2) is 22.8 Å². The predicted molar refractivity (Wildman–Crippen MR) is 110 cm³/mol. The van der Waals surface area contributed by atoms with Crippen LogP contribution in [0.5, 0.6) is 0 Å². The van der Waals surface area contributed by atoms with Crippen LogP contribution in [0.3, 0.4) is 0 Å². The van der Waals surface area contributed by atoms with Gasteiger partial charge in [0.05, 0.1) is 6.61 Å². The molecule has 1 aliphatic rings. The summed E-state index contributed by atoms with van der Waals surface area (Å²) >= 11 is 0. The molecule has 1 unspecified atom stereocenters. The maximum Gasteiger partial charge on any atom is 0.407 e. The number of methoxy groups -OCH3 is 1. The molecule has 1 saturated carbocycles. The topological polar surface area (TPSA) is 144 Å². The molecule has 10 nitrogen and oxygen atoms in total. The summed E-state index contributed by atoms with van der Waals surface area (Å²) < 4.78 is 10.4. The van der Waals surface area contributed by atoms with Gasteiger partial charge in [0.15, 0.2) is 5.82 Å². The van der Waals surface area contributed by atoms with Crippen molar-refractivity contribution in [2.45, 2.75) is 51.2 Å². The van der Waals surface area contributed by atoms with E-state index in [2.05, 4.69) is 25.8 Å². The number of ether oxygens (including phenoxy) is 2. The van der Waals surface area contributed by atoms with E-state index in [0.717, 1.165) is 18.5 Å². The minimum Gasteiger partial charge on any atom is -0.446 e. The van der Waals surface area contributed by atoms with Crippen molar-refractivity contribution in [3.63, 3.8) is 0 Å². The van der Waals surface area contributed by atoms with Crippen LogP contribution >= 0.6 is 0 Å². The van der Waals surface area contributed by atoms with Crippen LogP contribution in [0.2, 0.25) is 0 Å². The largest absolute Gasteiger partial charge is 0.446 e. The van der Waals surface area contributed by atoms with Crippen molar-refractivity contribution in [1.29, 1.82) is 0 Å². The zero-order chi connectivity index (χ0) is 21.4. The molecule has 0 aliphatic heterocycles. The maximum atomic E-state index is 12.4. The molecule has 0 spiro atoms. The summed E-state index contributed by atoms with van der Waals surface area (Å²) in [6, 6.07) is 1.82. The van der Waals surface area contributed by atoms with Gasteiger partial charge >= 0.3 is 6.09 Å². The molecule has 2 rings (SSSR count). The number of nitrogens with zero attached hydrogens (tertiary/aromatic N) is 2. The number of carbonyl (C=O) groups is 2. The fourth-order valence-corrected chi connectivity index (χ4v) is 3.16. The Balaban J connectivity index is 1.91. The number of aromatic amines is 1. The number of aliphatic imine (C=N–C) groups is 1. The van der Waals surface area contributed by atoms with Crippen LogP contribution in [0.25, 0.3) is 0 Å². The quantitative estimate of drug-likeness (QED) is 0.484. The van der Waals surface area contributed by atoms with Gasteiger partial charge in [-0.2, -0.15) is 5.10 Å². The summed E-state index contributed by atoms with van der Waals surface area (Å²) in [6.07, 6.45) is 3.30. The third kappa shape index (κ3) is 6.90. The van der Waals surface area contributed by atoms with Gasteiger partial charge in [-0.05, 0) is 39.2 Å². The van der Waals surface area contributed by atoms with Crippen LogP contribution < -0.4 is 16.4 Å². The predicted octanol–water partition coefficient (Wildman–Crippen LogP) is 1.68. The number of H-pyrrole nitrogens is 1. The highest BCUT2D eigenvalue weighted by Gasteiger charge is 2.30. The van der Waals surface area contributed by atoms with Crippen LogP contribution in [0.1, 0.15) is 44.7 Å². The van der Waals surface area contributed by atoms with Gasteiger partial charge in [-0.1, -0.05) is 0 Å². The summed E-state index contributed by atoms with van der Waals surface area (Å²) in [7, 11) is 3.03. The van der Waals surface area contributed by atoms with Gasteiger partial charge < -0.3 is 25.8 Å². The number of hydrogen-bond donors (Lipinski definition) is 4. The molecule has 0 bridgehead atoms. The number of anilines is 1. The molecule has 2 amide bonds. The molecule has 1 aromatic rings. The van der Waals surface area contributed by atoms with E-state index in [9.17, 15) is 9.59 Å². The molecule has 0 saturated heterocycles. The molecular weight excluding hydrogens is 376 g/mol. The Morgan fingerprint density at radius 3 is 2.86 bits per heavy atom. The number of alkyl carbamates (subject to hydrolysis) is 1. The van der Waals surface area contributed by atoms with E-state index in [0.29, 0.717) is 17.9 Å². The first-order valence-corrected chi connectivity index (χ1v) is 9.58. The molecular formula is C19H30N6O4. The Morgan fingerprint density at radius 2 is 2.21 bits per heavy atom. The fraction of sp³-hybridized carbons (Fsp3) is 0.579. The lowest BCUT2D eigenvalue weighted by atomic mass is 10.0. The highest BCUT2D eigenvalue weighted by atomic mass is 16.6. The second-order valence-electron chi connectivity index (χ2n) is 7.26. The molecule has 0 radical (unpaired) electrons. The Kier molecular flexibility index (Phi) is 8.20. The number of carbonyl (C=O) groups excluding carboxylic acids is 2. The molecule has 160 valence electrons. The first kappa shape index (κ1) is 22.4. The monoisotopic (exact) mass is 406 g/mol. The highest BCUT2D eigenvalue weighted by Crippen LogP contribution is 2.35. The second kappa shape index (κ2) is 10.6. The molecule has 1 heterocycles. The van der Waals surface area contributed by atoms with Gasteiger partial charge in [0.25, 0.3) is 5.91 Å². The van der Waals surface area contributed by atoms with E-state index < -0.39 is 12.0 Å². The van der Waals surface area contributed by atoms with Gasteiger partial charge in [0.1, 0.15) is 11.8 Å². The van der Waals surface area contributed by atoms with E-state index in [1.807, 2.05) is 13.8 Å². The van der Waals surface area contributed by atoms with E-state index >= 15 is 0 Å². The van der Waals surface area contributed by atoms with Crippen molar-refractivity contribution in [2.24, 2.45) is 10.7 Å². The van der Waals surface area contributed by atoms with Gasteiger partial charge in [0, 0.05) is 43.6 Å². The molecule has 0 aromatic carbocycles.